The van der Waals surface area contributed by atoms with Crippen molar-refractivity contribution in [3.8, 4) is 0 Å². The van der Waals surface area contributed by atoms with E-state index in [1.807, 2.05) is 13.8 Å². The second-order valence-corrected chi connectivity index (χ2v) is 6.44. The standard InChI is InChI=1S/C17H21N3O4/c1-8(2)16-19-20-17(24-16)9(3)18-15(22)13-10(4)23-12-7-5-6-11(21)14(12)13/h8-9H,5-7H2,1-4H3,(H,18,22). The molecule has 2 aromatic heterocycles. The number of furan rings is 1. The van der Waals surface area contributed by atoms with Crippen LogP contribution in [0.25, 0.3) is 0 Å². The molecule has 2 aromatic rings. The van der Waals surface area contributed by atoms with E-state index in [0.29, 0.717) is 47.3 Å². The van der Waals surface area contributed by atoms with Crippen molar-refractivity contribution in [2.24, 2.45) is 0 Å². The zero-order valence-electron chi connectivity index (χ0n) is 14.3. The third-order valence-corrected chi connectivity index (χ3v) is 4.14. The van der Waals surface area contributed by atoms with E-state index in [-0.39, 0.29) is 17.6 Å². The van der Waals surface area contributed by atoms with Crippen molar-refractivity contribution in [3.63, 3.8) is 0 Å². The van der Waals surface area contributed by atoms with Gasteiger partial charge < -0.3 is 14.2 Å². The van der Waals surface area contributed by atoms with Crippen LogP contribution in [0, 0.1) is 6.92 Å². The van der Waals surface area contributed by atoms with Gasteiger partial charge in [0.15, 0.2) is 5.78 Å². The van der Waals surface area contributed by atoms with Crippen LogP contribution in [0.1, 0.15) is 89.6 Å². The van der Waals surface area contributed by atoms with Crippen LogP contribution < -0.4 is 5.32 Å². The summed E-state index contributed by atoms with van der Waals surface area (Å²) in [5, 5.41) is 10.8. The molecule has 0 aromatic carbocycles. The first-order valence-electron chi connectivity index (χ1n) is 8.18. The van der Waals surface area contributed by atoms with Crippen molar-refractivity contribution in [2.45, 2.75) is 58.9 Å². The number of rotatable bonds is 4. The Morgan fingerprint density at radius 1 is 1.12 bits per heavy atom. The first-order valence-corrected chi connectivity index (χ1v) is 8.18. The maximum absolute atomic E-state index is 12.7. The highest BCUT2D eigenvalue weighted by Crippen LogP contribution is 2.30. The van der Waals surface area contributed by atoms with Crippen molar-refractivity contribution >= 4 is 11.7 Å². The van der Waals surface area contributed by atoms with Gasteiger partial charge in [0.25, 0.3) is 5.91 Å². The molecule has 0 fully saturated rings. The molecule has 1 atom stereocenters. The molecule has 24 heavy (non-hydrogen) atoms. The second-order valence-electron chi connectivity index (χ2n) is 6.44. The molecule has 0 aliphatic heterocycles. The predicted molar refractivity (Wildman–Crippen MR) is 85.0 cm³/mol. The summed E-state index contributed by atoms with van der Waals surface area (Å²) >= 11 is 0. The number of fused-ring (bicyclic) bond motifs is 1. The molecule has 0 spiro atoms. The maximum Gasteiger partial charge on any atom is 0.256 e. The van der Waals surface area contributed by atoms with E-state index < -0.39 is 6.04 Å². The van der Waals surface area contributed by atoms with E-state index in [0.717, 1.165) is 6.42 Å². The third kappa shape index (κ3) is 2.86. The number of carbonyl (C=O) groups is 2. The lowest BCUT2D eigenvalue weighted by atomic mass is 9.93. The normalized spacial score (nSPS) is 15.5. The molecule has 0 saturated carbocycles. The van der Waals surface area contributed by atoms with Crippen molar-refractivity contribution in [1.82, 2.24) is 15.5 Å². The Kier molecular flexibility index (Phi) is 4.26. The van der Waals surface area contributed by atoms with Gasteiger partial charge in [-0.2, -0.15) is 0 Å². The summed E-state index contributed by atoms with van der Waals surface area (Å²) in [4.78, 5) is 24.8. The van der Waals surface area contributed by atoms with Gasteiger partial charge in [-0.3, -0.25) is 9.59 Å². The molecule has 1 aliphatic rings. The van der Waals surface area contributed by atoms with E-state index in [1.54, 1.807) is 13.8 Å². The van der Waals surface area contributed by atoms with Crippen LogP contribution in [0.15, 0.2) is 8.83 Å². The maximum atomic E-state index is 12.7. The second kappa shape index (κ2) is 6.22. The van der Waals surface area contributed by atoms with Crippen LogP contribution in [-0.4, -0.2) is 21.9 Å². The van der Waals surface area contributed by atoms with Crippen LogP contribution >= 0.6 is 0 Å². The van der Waals surface area contributed by atoms with Gasteiger partial charge in [-0.15, -0.1) is 10.2 Å². The van der Waals surface area contributed by atoms with E-state index >= 15 is 0 Å². The number of carbonyl (C=O) groups excluding carboxylic acids is 2. The van der Waals surface area contributed by atoms with Gasteiger partial charge in [0.2, 0.25) is 11.8 Å². The molecule has 1 N–H and O–H groups in total. The lowest BCUT2D eigenvalue weighted by molar-refractivity contribution is 0.0913. The molecule has 7 nitrogen and oxygen atoms in total. The van der Waals surface area contributed by atoms with E-state index in [4.69, 9.17) is 8.83 Å². The van der Waals surface area contributed by atoms with Crippen molar-refractivity contribution in [1.29, 1.82) is 0 Å². The molecule has 128 valence electrons. The van der Waals surface area contributed by atoms with Crippen molar-refractivity contribution in [3.05, 3.63) is 34.4 Å². The number of nitrogens with one attached hydrogen (secondary N) is 1. The fraction of sp³-hybridized carbons (Fsp3) is 0.529. The number of amides is 1. The Balaban J connectivity index is 1.82. The minimum absolute atomic E-state index is 0.0363. The number of aryl methyl sites for hydroxylation is 2. The highest BCUT2D eigenvalue weighted by molar-refractivity contribution is 6.10. The Hall–Kier alpha value is -2.44. The number of hydrogen-bond acceptors (Lipinski definition) is 6. The van der Waals surface area contributed by atoms with Gasteiger partial charge in [-0.1, -0.05) is 13.8 Å². The predicted octanol–water partition coefficient (Wildman–Crippen LogP) is 3.10. The van der Waals surface area contributed by atoms with Crippen LogP contribution in [0.3, 0.4) is 0 Å². The first kappa shape index (κ1) is 16.4. The smallest absolute Gasteiger partial charge is 0.256 e. The lowest BCUT2D eigenvalue weighted by Gasteiger charge is -2.12. The Bertz CT molecular complexity index is 788. The summed E-state index contributed by atoms with van der Waals surface area (Å²) in [5.74, 6) is 1.67. The van der Waals surface area contributed by atoms with Gasteiger partial charge in [-0.05, 0) is 20.3 Å². The van der Waals surface area contributed by atoms with Gasteiger partial charge in [-0.25, -0.2) is 0 Å². The van der Waals surface area contributed by atoms with Crippen LogP contribution in [-0.2, 0) is 6.42 Å². The summed E-state index contributed by atoms with van der Waals surface area (Å²) < 4.78 is 11.2. The Morgan fingerprint density at radius 2 is 1.83 bits per heavy atom. The Morgan fingerprint density at radius 3 is 2.50 bits per heavy atom. The minimum atomic E-state index is -0.457. The molecule has 0 bridgehead atoms. The molecule has 1 aliphatic carbocycles. The van der Waals surface area contributed by atoms with Crippen molar-refractivity contribution < 1.29 is 18.4 Å². The molecule has 0 saturated heterocycles. The largest absolute Gasteiger partial charge is 0.465 e. The minimum Gasteiger partial charge on any atom is -0.465 e. The van der Waals surface area contributed by atoms with Crippen LogP contribution in [0.2, 0.25) is 0 Å². The zero-order valence-corrected chi connectivity index (χ0v) is 14.3. The molecule has 0 radical (unpaired) electrons. The fourth-order valence-electron chi connectivity index (χ4n) is 2.87. The number of hydrogen-bond donors (Lipinski definition) is 1. The number of aromatic nitrogens is 2. The molecule has 3 rings (SSSR count). The van der Waals surface area contributed by atoms with Crippen LogP contribution in [0.5, 0.6) is 0 Å². The Labute approximate surface area is 139 Å². The van der Waals surface area contributed by atoms with E-state index in [2.05, 4.69) is 15.5 Å². The molecule has 1 unspecified atom stereocenters. The highest BCUT2D eigenvalue weighted by Gasteiger charge is 2.31. The highest BCUT2D eigenvalue weighted by atomic mass is 16.4. The first-order chi connectivity index (χ1) is 11.4. The number of Topliss-reactive ketones (excluding diaryl/α,β-unsaturated/α-hetero) is 1. The monoisotopic (exact) mass is 331 g/mol. The topological polar surface area (TPSA) is 98.2 Å². The van der Waals surface area contributed by atoms with Crippen LogP contribution in [0.4, 0.5) is 0 Å². The molecule has 2 heterocycles. The summed E-state index contributed by atoms with van der Waals surface area (Å²) in [6, 6.07) is -0.457. The quantitative estimate of drug-likeness (QED) is 0.924. The van der Waals surface area contributed by atoms with Gasteiger partial charge >= 0.3 is 0 Å². The summed E-state index contributed by atoms with van der Waals surface area (Å²) in [6.07, 6.45) is 1.89. The summed E-state index contributed by atoms with van der Waals surface area (Å²) in [5.41, 5.74) is 0.752. The number of nitrogens with zero attached hydrogens (tertiary/aromatic N) is 2. The van der Waals surface area contributed by atoms with E-state index in [9.17, 15) is 9.59 Å². The average molecular weight is 331 g/mol. The van der Waals surface area contributed by atoms with Crippen molar-refractivity contribution in [2.75, 3.05) is 0 Å². The van der Waals surface area contributed by atoms with Gasteiger partial charge in [0.1, 0.15) is 17.6 Å². The van der Waals surface area contributed by atoms with E-state index in [1.165, 1.54) is 0 Å². The molecular weight excluding hydrogens is 310 g/mol. The molecule has 1 amide bonds. The average Bonchev–Trinajstić information content (AvgIpc) is 3.11. The zero-order chi connectivity index (χ0) is 17.4. The fourth-order valence-corrected chi connectivity index (χ4v) is 2.87. The lowest BCUT2D eigenvalue weighted by Crippen LogP contribution is -2.29. The number of ketones is 1. The summed E-state index contributed by atoms with van der Waals surface area (Å²) in [6.45, 7) is 7.37. The summed E-state index contributed by atoms with van der Waals surface area (Å²) in [7, 11) is 0. The third-order valence-electron chi connectivity index (χ3n) is 4.14. The SMILES string of the molecule is Cc1oc2c(c1C(=O)NC(C)c1nnc(C(C)C)o1)C(=O)CCC2. The van der Waals surface area contributed by atoms with Gasteiger partial charge in [0, 0.05) is 18.8 Å². The molecule has 7 heteroatoms. The van der Waals surface area contributed by atoms with Gasteiger partial charge in [0.05, 0.1) is 11.1 Å². The molecular formula is C17H21N3O4.